The summed E-state index contributed by atoms with van der Waals surface area (Å²) in [5.74, 6) is 0.549. The van der Waals surface area contributed by atoms with Crippen LogP contribution in [-0.4, -0.2) is 65.0 Å². The third kappa shape index (κ3) is 4.74. The summed E-state index contributed by atoms with van der Waals surface area (Å²) in [7, 11) is 0. The Balaban J connectivity index is 1.81. The molecule has 0 amide bonds. The maximum atomic E-state index is 10.4. The Morgan fingerprint density at radius 3 is 2.63 bits per heavy atom. The number of nitrogens with one attached hydrogen (secondary N) is 1. The monoisotopic (exact) mass is 266 g/mol. The summed E-state index contributed by atoms with van der Waals surface area (Å²) >= 11 is 0. The molecule has 2 N–H and O–H groups in total. The molecule has 106 valence electrons. The third-order valence-corrected chi connectivity index (χ3v) is 3.08. The number of anilines is 1. The third-order valence-electron chi connectivity index (χ3n) is 3.08. The van der Waals surface area contributed by atoms with Crippen LogP contribution < -0.4 is 5.32 Å². The fraction of sp³-hybridized carbons (Fsp3) is 0.692. The predicted molar refractivity (Wildman–Crippen MR) is 73.1 cm³/mol. The summed E-state index contributed by atoms with van der Waals surface area (Å²) in [5, 5.41) is 13.5. The van der Waals surface area contributed by atoms with E-state index in [1.165, 1.54) is 0 Å². The van der Waals surface area contributed by atoms with Gasteiger partial charge in [0.1, 0.15) is 0 Å². The molecule has 2 rings (SSSR count). The lowest BCUT2D eigenvalue weighted by molar-refractivity contribution is -0.0164. The van der Waals surface area contributed by atoms with Gasteiger partial charge in [-0.2, -0.15) is 0 Å². The molecule has 1 fully saturated rings. The van der Waals surface area contributed by atoms with E-state index >= 15 is 0 Å². The van der Waals surface area contributed by atoms with Crippen molar-refractivity contribution >= 4 is 5.95 Å². The molecule has 1 unspecified atom stereocenters. The molecule has 0 radical (unpaired) electrons. The van der Waals surface area contributed by atoms with E-state index in [9.17, 15) is 5.11 Å². The number of morpholine rings is 1. The van der Waals surface area contributed by atoms with E-state index in [2.05, 4.69) is 20.2 Å². The molecule has 1 aromatic rings. The SMILES string of the molecule is Cc1cnc(NCC(C)(O)CN2CCOCC2)nc1. The van der Waals surface area contributed by atoms with Crippen molar-refractivity contribution < 1.29 is 9.84 Å². The number of hydrogen-bond acceptors (Lipinski definition) is 6. The van der Waals surface area contributed by atoms with Crippen LogP contribution in [0.3, 0.4) is 0 Å². The lowest BCUT2D eigenvalue weighted by Crippen LogP contribution is -2.49. The van der Waals surface area contributed by atoms with Crippen LogP contribution in [0.2, 0.25) is 0 Å². The Bertz CT molecular complexity index is 388. The van der Waals surface area contributed by atoms with E-state index in [-0.39, 0.29) is 0 Å². The average molecular weight is 266 g/mol. The van der Waals surface area contributed by atoms with Gasteiger partial charge in [-0.15, -0.1) is 0 Å². The quantitative estimate of drug-likeness (QED) is 0.798. The van der Waals surface area contributed by atoms with Gasteiger partial charge in [-0.3, -0.25) is 4.90 Å². The zero-order chi connectivity index (χ0) is 13.7. The van der Waals surface area contributed by atoms with Crippen molar-refractivity contribution in [2.45, 2.75) is 19.4 Å². The molecule has 1 saturated heterocycles. The normalized spacial score (nSPS) is 19.9. The lowest BCUT2D eigenvalue weighted by atomic mass is 10.1. The lowest BCUT2D eigenvalue weighted by Gasteiger charge is -2.33. The molecular weight excluding hydrogens is 244 g/mol. The molecule has 1 atom stereocenters. The highest BCUT2D eigenvalue weighted by Crippen LogP contribution is 2.09. The van der Waals surface area contributed by atoms with Crippen LogP contribution in [0.5, 0.6) is 0 Å². The van der Waals surface area contributed by atoms with Crippen molar-refractivity contribution in [3.8, 4) is 0 Å². The van der Waals surface area contributed by atoms with Crippen LogP contribution in [0, 0.1) is 6.92 Å². The van der Waals surface area contributed by atoms with Crippen molar-refractivity contribution in [1.29, 1.82) is 0 Å². The van der Waals surface area contributed by atoms with Gasteiger partial charge in [0.15, 0.2) is 0 Å². The van der Waals surface area contributed by atoms with Gasteiger partial charge in [-0.1, -0.05) is 0 Å². The van der Waals surface area contributed by atoms with Gasteiger partial charge in [-0.25, -0.2) is 9.97 Å². The van der Waals surface area contributed by atoms with Crippen LogP contribution in [0.15, 0.2) is 12.4 Å². The first-order valence-electron chi connectivity index (χ1n) is 6.60. The summed E-state index contributed by atoms with van der Waals surface area (Å²) in [6, 6.07) is 0. The zero-order valence-electron chi connectivity index (χ0n) is 11.6. The van der Waals surface area contributed by atoms with E-state index in [4.69, 9.17) is 4.74 Å². The Hall–Kier alpha value is -1.24. The molecule has 0 saturated carbocycles. The highest BCUT2D eigenvalue weighted by Gasteiger charge is 2.25. The van der Waals surface area contributed by atoms with E-state index < -0.39 is 5.60 Å². The van der Waals surface area contributed by atoms with Crippen LogP contribution in [0.4, 0.5) is 5.95 Å². The number of β-amino-alcohol motifs (C(OH)–C–C–N with tert-alkyl or cyclic N) is 1. The first-order valence-corrected chi connectivity index (χ1v) is 6.60. The standard InChI is InChI=1S/C13H22N4O2/c1-11-7-14-12(15-8-11)16-9-13(2,18)10-17-3-5-19-6-4-17/h7-8,18H,3-6,9-10H2,1-2H3,(H,14,15,16). The van der Waals surface area contributed by atoms with Crippen LogP contribution >= 0.6 is 0 Å². The number of ether oxygens (including phenoxy) is 1. The topological polar surface area (TPSA) is 70.5 Å². The number of aliphatic hydroxyl groups is 1. The van der Waals surface area contributed by atoms with Crippen molar-refractivity contribution in [2.75, 3.05) is 44.7 Å². The van der Waals surface area contributed by atoms with Gasteiger partial charge in [0.2, 0.25) is 5.95 Å². The predicted octanol–water partition coefficient (Wildman–Crippen LogP) is 0.280. The summed E-state index contributed by atoms with van der Waals surface area (Å²) in [5.41, 5.74) is 0.205. The first-order chi connectivity index (χ1) is 9.05. The number of nitrogens with zero attached hydrogens (tertiary/aromatic N) is 3. The molecule has 0 aromatic carbocycles. The Labute approximate surface area is 113 Å². The van der Waals surface area contributed by atoms with Gasteiger partial charge >= 0.3 is 0 Å². The summed E-state index contributed by atoms with van der Waals surface area (Å²) in [4.78, 5) is 10.5. The number of hydrogen-bond donors (Lipinski definition) is 2. The molecule has 2 heterocycles. The molecule has 0 bridgehead atoms. The number of aryl methyl sites for hydroxylation is 1. The van der Waals surface area contributed by atoms with Gasteiger partial charge in [0.05, 0.1) is 18.8 Å². The van der Waals surface area contributed by atoms with Crippen molar-refractivity contribution in [3.05, 3.63) is 18.0 Å². The second kappa shape index (κ2) is 6.27. The average Bonchev–Trinajstić information content (AvgIpc) is 2.39. The Morgan fingerprint density at radius 2 is 2.00 bits per heavy atom. The number of rotatable bonds is 5. The van der Waals surface area contributed by atoms with Crippen molar-refractivity contribution in [2.24, 2.45) is 0 Å². The van der Waals surface area contributed by atoms with Gasteiger partial charge in [0.25, 0.3) is 0 Å². The summed E-state index contributed by atoms with van der Waals surface area (Å²) in [6.07, 6.45) is 3.51. The summed E-state index contributed by atoms with van der Waals surface area (Å²) in [6.45, 7) is 8.04. The minimum Gasteiger partial charge on any atom is -0.387 e. The molecule has 0 spiro atoms. The molecule has 1 aliphatic rings. The molecule has 0 aliphatic carbocycles. The van der Waals surface area contributed by atoms with E-state index in [0.29, 0.717) is 19.0 Å². The second-order valence-corrected chi connectivity index (χ2v) is 5.32. The highest BCUT2D eigenvalue weighted by molar-refractivity contribution is 5.25. The van der Waals surface area contributed by atoms with Crippen LogP contribution in [0.1, 0.15) is 12.5 Å². The van der Waals surface area contributed by atoms with Crippen molar-refractivity contribution in [3.63, 3.8) is 0 Å². The fourth-order valence-electron chi connectivity index (χ4n) is 2.05. The maximum absolute atomic E-state index is 10.4. The van der Waals surface area contributed by atoms with Gasteiger partial charge < -0.3 is 15.2 Å². The van der Waals surface area contributed by atoms with Crippen molar-refractivity contribution in [1.82, 2.24) is 14.9 Å². The number of aromatic nitrogens is 2. The Morgan fingerprint density at radius 1 is 1.37 bits per heavy atom. The molecular formula is C13H22N4O2. The van der Waals surface area contributed by atoms with E-state index in [1.807, 2.05) is 13.8 Å². The van der Waals surface area contributed by atoms with Gasteiger partial charge in [-0.05, 0) is 19.4 Å². The minimum absolute atomic E-state index is 0.424. The van der Waals surface area contributed by atoms with Crippen LogP contribution in [0.25, 0.3) is 0 Å². The highest BCUT2D eigenvalue weighted by atomic mass is 16.5. The second-order valence-electron chi connectivity index (χ2n) is 5.32. The zero-order valence-corrected chi connectivity index (χ0v) is 11.6. The molecule has 6 heteroatoms. The molecule has 1 aromatic heterocycles. The molecule has 6 nitrogen and oxygen atoms in total. The van der Waals surface area contributed by atoms with Gasteiger partial charge in [0, 0.05) is 38.6 Å². The molecule has 19 heavy (non-hydrogen) atoms. The minimum atomic E-state index is -0.814. The smallest absolute Gasteiger partial charge is 0.222 e. The largest absolute Gasteiger partial charge is 0.387 e. The summed E-state index contributed by atoms with van der Waals surface area (Å²) < 4.78 is 5.30. The van der Waals surface area contributed by atoms with E-state index in [1.54, 1.807) is 12.4 Å². The Kier molecular flexibility index (Phi) is 4.68. The van der Waals surface area contributed by atoms with E-state index in [0.717, 1.165) is 31.9 Å². The maximum Gasteiger partial charge on any atom is 0.222 e. The molecule has 1 aliphatic heterocycles. The fourth-order valence-corrected chi connectivity index (χ4v) is 2.05. The van der Waals surface area contributed by atoms with Crippen LogP contribution in [-0.2, 0) is 4.74 Å². The first kappa shape index (κ1) is 14.2.